The average molecular weight is 475 g/mol. The van der Waals surface area contributed by atoms with E-state index in [0.29, 0.717) is 58.0 Å². The molecule has 156 valence electrons. The Morgan fingerprint density at radius 2 is 2.10 bits per heavy atom. The summed E-state index contributed by atoms with van der Waals surface area (Å²) >= 11 is 3.25. The molecule has 2 aromatic carbocycles. The van der Waals surface area contributed by atoms with Gasteiger partial charge in [-0.3, -0.25) is 4.79 Å². The lowest BCUT2D eigenvalue weighted by molar-refractivity contribution is -0.128. The Morgan fingerprint density at radius 1 is 1.23 bits per heavy atom. The molecular weight excluding hydrogens is 455 g/mol. The van der Waals surface area contributed by atoms with Gasteiger partial charge in [0.15, 0.2) is 11.5 Å². The minimum atomic E-state index is -0.403. The van der Waals surface area contributed by atoms with E-state index in [1.165, 1.54) is 12.4 Å². The fourth-order valence-corrected chi connectivity index (χ4v) is 3.69. The summed E-state index contributed by atoms with van der Waals surface area (Å²) in [6, 6.07) is 8.26. The van der Waals surface area contributed by atoms with Crippen LogP contribution in [0, 0.1) is 5.82 Å². The van der Waals surface area contributed by atoms with E-state index in [2.05, 4.69) is 31.2 Å². The van der Waals surface area contributed by atoms with Gasteiger partial charge in [-0.25, -0.2) is 14.4 Å². The highest BCUT2D eigenvalue weighted by Gasteiger charge is 2.20. The molecule has 1 saturated heterocycles. The quantitative estimate of drug-likeness (QED) is 0.550. The highest BCUT2D eigenvalue weighted by molar-refractivity contribution is 9.10. The maximum absolute atomic E-state index is 14.2. The second-order valence-corrected chi connectivity index (χ2v) is 7.74. The van der Waals surface area contributed by atoms with Gasteiger partial charge in [0.1, 0.15) is 24.6 Å². The van der Waals surface area contributed by atoms with Crippen molar-refractivity contribution in [3.63, 3.8) is 0 Å². The molecule has 1 fully saturated rings. The molecule has 1 aliphatic heterocycles. The van der Waals surface area contributed by atoms with Gasteiger partial charge in [-0.1, -0.05) is 15.9 Å². The first-order valence-corrected chi connectivity index (χ1v) is 10.3. The van der Waals surface area contributed by atoms with E-state index in [1.807, 2.05) is 0 Å². The summed E-state index contributed by atoms with van der Waals surface area (Å²) < 4.78 is 26.2. The van der Waals surface area contributed by atoms with Crippen LogP contribution < -0.4 is 14.8 Å². The van der Waals surface area contributed by atoms with Gasteiger partial charge in [0.25, 0.3) is 0 Å². The van der Waals surface area contributed by atoms with Crippen molar-refractivity contribution in [2.24, 2.45) is 0 Å². The number of ether oxygens (including phenoxy) is 2. The Kier molecular flexibility index (Phi) is 5.98. The van der Waals surface area contributed by atoms with Crippen LogP contribution in [0.1, 0.15) is 12.8 Å². The molecule has 9 heteroatoms. The third-order valence-electron chi connectivity index (χ3n) is 4.90. The van der Waals surface area contributed by atoms with Crippen LogP contribution in [-0.4, -0.2) is 47.6 Å². The van der Waals surface area contributed by atoms with Crippen LogP contribution in [0.4, 0.5) is 15.9 Å². The second kappa shape index (κ2) is 8.83. The van der Waals surface area contributed by atoms with Gasteiger partial charge in [-0.2, -0.15) is 0 Å². The number of rotatable bonds is 7. The van der Waals surface area contributed by atoms with Gasteiger partial charge in [-0.05, 0) is 30.7 Å². The van der Waals surface area contributed by atoms with Crippen molar-refractivity contribution in [2.45, 2.75) is 12.8 Å². The van der Waals surface area contributed by atoms with Crippen LogP contribution in [0.15, 0.2) is 41.1 Å². The normalized spacial score (nSPS) is 13.7. The van der Waals surface area contributed by atoms with Crippen molar-refractivity contribution in [1.29, 1.82) is 0 Å². The van der Waals surface area contributed by atoms with Gasteiger partial charge in [-0.15, -0.1) is 0 Å². The number of amides is 1. The Hall–Kier alpha value is -2.94. The lowest BCUT2D eigenvalue weighted by Crippen LogP contribution is -2.29. The molecular formula is C21H20BrFN4O3. The zero-order valence-electron chi connectivity index (χ0n) is 16.3. The maximum Gasteiger partial charge on any atom is 0.222 e. The van der Waals surface area contributed by atoms with Crippen LogP contribution >= 0.6 is 15.9 Å². The molecule has 1 N–H and O–H groups in total. The number of hydrogen-bond donors (Lipinski definition) is 1. The summed E-state index contributed by atoms with van der Waals surface area (Å²) in [5, 5.41) is 3.68. The van der Waals surface area contributed by atoms with Gasteiger partial charge < -0.3 is 19.7 Å². The number of carbonyl (C=O) groups excluding carboxylic acids is 1. The summed E-state index contributed by atoms with van der Waals surface area (Å²) in [5.41, 5.74) is 0.922. The van der Waals surface area contributed by atoms with Gasteiger partial charge >= 0.3 is 0 Å². The number of halogens is 2. The molecule has 1 aromatic heterocycles. The Balaban J connectivity index is 1.57. The zero-order chi connectivity index (χ0) is 21.1. The second-order valence-electron chi connectivity index (χ2n) is 6.82. The van der Waals surface area contributed by atoms with Crippen LogP contribution in [0.2, 0.25) is 0 Å². The largest absolute Gasteiger partial charge is 0.493 e. The number of aromatic nitrogens is 2. The van der Waals surface area contributed by atoms with Crippen molar-refractivity contribution >= 4 is 44.2 Å². The number of methoxy groups -OCH3 is 1. The fourth-order valence-electron chi connectivity index (χ4n) is 3.36. The average Bonchev–Trinajstić information content (AvgIpc) is 3.14. The van der Waals surface area contributed by atoms with E-state index in [-0.39, 0.29) is 5.91 Å². The number of benzene rings is 2. The molecule has 1 aliphatic rings. The molecule has 0 radical (unpaired) electrons. The highest BCUT2D eigenvalue weighted by atomic mass is 79.9. The van der Waals surface area contributed by atoms with E-state index in [1.54, 1.807) is 36.3 Å². The smallest absolute Gasteiger partial charge is 0.222 e. The van der Waals surface area contributed by atoms with E-state index < -0.39 is 5.82 Å². The number of fused-ring (bicyclic) bond motifs is 1. The number of nitrogens with zero attached hydrogens (tertiary/aromatic N) is 3. The van der Waals surface area contributed by atoms with Gasteiger partial charge in [0.05, 0.1) is 24.9 Å². The van der Waals surface area contributed by atoms with Crippen molar-refractivity contribution in [3.05, 3.63) is 46.9 Å². The molecule has 3 aromatic rings. The third kappa shape index (κ3) is 4.30. The molecule has 0 spiro atoms. The monoisotopic (exact) mass is 474 g/mol. The summed E-state index contributed by atoms with van der Waals surface area (Å²) in [5.74, 6) is 1.24. The van der Waals surface area contributed by atoms with E-state index in [0.717, 1.165) is 13.0 Å². The molecule has 4 rings (SSSR count). The molecule has 30 heavy (non-hydrogen) atoms. The minimum absolute atomic E-state index is 0.160. The first-order valence-electron chi connectivity index (χ1n) is 9.50. The summed E-state index contributed by atoms with van der Waals surface area (Å²) in [6.07, 6.45) is 2.90. The molecule has 0 atom stereocenters. The molecule has 0 saturated carbocycles. The predicted octanol–water partition coefficient (Wildman–Crippen LogP) is 4.28. The van der Waals surface area contributed by atoms with Crippen molar-refractivity contribution in [2.75, 3.05) is 32.1 Å². The lowest BCUT2D eigenvalue weighted by atomic mass is 10.2. The van der Waals surface area contributed by atoms with E-state index in [4.69, 9.17) is 9.47 Å². The summed E-state index contributed by atoms with van der Waals surface area (Å²) in [4.78, 5) is 22.1. The maximum atomic E-state index is 14.2. The van der Waals surface area contributed by atoms with Crippen molar-refractivity contribution < 1.29 is 18.7 Å². The van der Waals surface area contributed by atoms with Crippen LogP contribution in [0.3, 0.4) is 0 Å². The Labute approximate surface area is 181 Å². The predicted molar refractivity (Wildman–Crippen MR) is 115 cm³/mol. The SMILES string of the molecule is COc1cc2c(Nc3ccc(Br)cc3F)ncnc2cc1OCCN1CCCC1=O. The first kappa shape index (κ1) is 20.3. The zero-order valence-corrected chi connectivity index (χ0v) is 17.9. The Morgan fingerprint density at radius 3 is 2.83 bits per heavy atom. The van der Waals surface area contributed by atoms with Crippen molar-refractivity contribution in [3.8, 4) is 11.5 Å². The fraction of sp³-hybridized carbons (Fsp3) is 0.286. The highest BCUT2D eigenvalue weighted by Crippen LogP contribution is 2.35. The molecule has 1 amide bonds. The standard InChI is InChI=1S/C21H20BrFN4O3/c1-29-18-10-14-17(11-19(18)30-8-7-27-6-2-3-20(27)28)24-12-25-21(14)26-16-5-4-13(22)9-15(16)23/h4-5,9-12H,2-3,6-8H2,1H3,(H,24,25,26). The number of anilines is 2. The van der Waals surface area contributed by atoms with Gasteiger partial charge in [0, 0.05) is 28.9 Å². The number of likely N-dealkylation sites (tertiary alicyclic amines) is 1. The number of carbonyl (C=O) groups is 1. The number of nitrogens with one attached hydrogen (secondary N) is 1. The van der Waals surface area contributed by atoms with Gasteiger partial charge in [0.2, 0.25) is 5.91 Å². The van der Waals surface area contributed by atoms with E-state index in [9.17, 15) is 9.18 Å². The molecule has 0 aliphatic carbocycles. The molecule has 0 bridgehead atoms. The topological polar surface area (TPSA) is 76.6 Å². The molecule has 2 heterocycles. The van der Waals surface area contributed by atoms with Crippen LogP contribution in [0.25, 0.3) is 10.9 Å². The lowest BCUT2D eigenvalue weighted by Gasteiger charge is -2.17. The van der Waals surface area contributed by atoms with Crippen LogP contribution in [0.5, 0.6) is 11.5 Å². The molecule has 0 unspecified atom stereocenters. The third-order valence-corrected chi connectivity index (χ3v) is 5.39. The van der Waals surface area contributed by atoms with Crippen LogP contribution in [-0.2, 0) is 4.79 Å². The summed E-state index contributed by atoms with van der Waals surface area (Å²) in [6.45, 7) is 1.65. The number of hydrogen-bond acceptors (Lipinski definition) is 6. The van der Waals surface area contributed by atoms with Crippen molar-refractivity contribution in [1.82, 2.24) is 14.9 Å². The first-order chi connectivity index (χ1) is 14.5. The Bertz CT molecular complexity index is 1100. The minimum Gasteiger partial charge on any atom is -0.493 e. The van der Waals surface area contributed by atoms with E-state index >= 15 is 0 Å². The molecule has 7 nitrogen and oxygen atoms in total. The summed E-state index contributed by atoms with van der Waals surface area (Å²) in [7, 11) is 1.54.